The fourth-order valence-corrected chi connectivity index (χ4v) is 2.36. The van der Waals surface area contributed by atoms with Gasteiger partial charge in [-0.25, -0.2) is 4.79 Å². The Kier molecular flexibility index (Phi) is 21.1. The van der Waals surface area contributed by atoms with E-state index in [-0.39, 0.29) is 49.8 Å². The Morgan fingerprint density at radius 3 is 2.09 bits per heavy atom. The molecule has 2 rings (SSSR count). The van der Waals surface area contributed by atoms with Crippen LogP contribution in [-0.2, 0) is 19.1 Å². The molecule has 0 aliphatic carbocycles. The Balaban J connectivity index is -0.000000431. The Morgan fingerprint density at radius 1 is 1.09 bits per heavy atom. The van der Waals surface area contributed by atoms with E-state index in [2.05, 4.69) is 34.8 Å². The minimum Gasteiger partial charge on any atom is -1.00 e. The molecule has 13 nitrogen and oxygen atoms in total. The van der Waals surface area contributed by atoms with Crippen molar-refractivity contribution in [2.45, 2.75) is 13.8 Å². The molecule has 2 heterocycles. The van der Waals surface area contributed by atoms with E-state index < -0.39 is 11.9 Å². The number of thiazole rings is 2. The van der Waals surface area contributed by atoms with Gasteiger partial charge in [-0.05, 0) is 31.0 Å². The van der Waals surface area contributed by atoms with E-state index in [1.165, 1.54) is 34.9 Å². The maximum Gasteiger partial charge on any atom is 1.00 e. The number of azide groups is 2. The average Bonchev–Trinajstić information content (AvgIpc) is 3.47. The molecule has 0 bridgehead atoms. The smallest absolute Gasteiger partial charge is 1.00 e. The molecule has 2 aromatic heterocycles. The number of hydrogen-bond donors (Lipinski definition) is 0. The second-order valence-corrected chi connectivity index (χ2v) is 6.39. The van der Waals surface area contributed by atoms with Gasteiger partial charge in [0.25, 0.3) is 0 Å². The summed E-state index contributed by atoms with van der Waals surface area (Å²) in [6.45, 7) is 3.70. The molecule has 32 heavy (non-hydrogen) atoms. The van der Waals surface area contributed by atoms with E-state index in [1.807, 2.05) is 0 Å². The van der Waals surface area contributed by atoms with Gasteiger partial charge in [0.2, 0.25) is 0 Å². The third-order valence-electron chi connectivity index (χ3n) is 2.50. The summed E-state index contributed by atoms with van der Waals surface area (Å²) in [6, 6.07) is 0. The zero-order valence-electron chi connectivity index (χ0n) is 18.5. The minimum atomic E-state index is -0.635. The molecule has 0 fully saturated rings. The van der Waals surface area contributed by atoms with Gasteiger partial charge < -0.3 is 10.9 Å². The van der Waals surface area contributed by atoms with Crippen LogP contribution in [0.1, 0.15) is 29.8 Å². The zero-order valence-corrected chi connectivity index (χ0v) is 21.2. The second kappa shape index (κ2) is 21.5. The van der Waals surface area contributed by atoms with Crippen LogP contribution in [0.4, 0.5) is 0 Å². The van der Waals surface area contributed by atoms with E-state index in [9.17, 15) is 14.4 Å². The van der Waals surface area contributed by atoms with Crippen LogP contribution in [0.3, 0.4) is 0 Å². The third-order valence-corrected chi connectivity index (χ3v) is 3.93. The van der Waals surface area contributed by atoms with E-state index in [0.29, 0.717) is 11.5 Å². The number of hydrogen-bond acceptors (Lipinski definition) is 11. The van der Waals surface area contributed by atoms with E-state index >= 15 is 0 Å². The van der Waals surface area contributed by atoms with Gasteiger partial charge in [-0.2, -0.15) is 0 Å². The molecule has 16 heteroatoms. The molecular formula is C16H19N8NaO5S2. The van der Waals surface area contributed by atoms with Crippen molar-refractivity contribution >= 4 is 47.0 Å². The topological polar surface area (TPSA) is 193 Å². The molecule has 0 aromatic carbocycles. The molecule has 0 saturated carbocycles. The standard InChI is InChI=1S/C8H8N4O2S.C4H7N3O2.C4H3NOS.Na.H/c1-2-14-8(13)7(11-12-9)3-6-4-10-5-15-6;1-2-9-4(8)3-6-7-5;6-2-4-1-5-3-7-4;;/h3-5H,2H2,1H3;2-3H2,1H3;1-3H;;/q;;;+1;-1/b7-3-;;;;. The maximum absolute atomic E-state index is 11.3. The van der Waals surface area contributed by atoms with E-state index in [4.69, 9.17) is 15.8 Å². The first-order chi connectivity index (χ1) is 15.0. The van der Waals surface area contributed by atoms with Gasteiger partial charge in [-0.3, -0.25) is 19.6 Å². The zero-order chi connectivity index (χ0) is 23.3. The summed E-state index contributed by atoms with van der Waals surface area (Å²) in [6.07, 6.45) is 5.33. The Morgan fingerprint density at radius 2 is 1.69 bits per heavy atom. The first kappa shape index (κ1) is 31.4. The maximum atomic E-state index is 11.3. The molecule has 0 atom stereocenters. The van der Waals surface area contributed by atoms with Gasteiger partial charge in [0.05, 0.1) is 29.1 Å². The fraction of sp³-hybridized carbons (Fsp3) is 0.312. The van der Waals surface area contributed by atoms with Crippen molar-refractivity contribution in [1.82, 2.24) is 9.97 Å². The van der Waals surface area contributed by atoms with Crippen molar-refractivity contribution in [2.75, 3.05) is 19.8 Å². The molecule has 0 aliphatic rings. The number of carbonyl (C=O) groups is 3. The summed E-state index contributed by atoms with van der Waals surface area (Å²) < 4.78 is 9.16. The van der Waals surface area contributed by atoms with Crippen LogP contribution >= 0.6 is 22.7 Å². The van der Waals surface area contributed by atoms with E-state index in [0.717, 1.165) is 11.2 Å². The molecule has 166 valence electrons. The molecule has 0 radical (unpaired) electrons. The number of ether oxygens (including phenoxy) is 2. The van der Waals surface area contributed by atoms with Gasteiger partial charge in [0.1, 0.15) is 12.2 Å². The number of esters is 2. The second-order valence-electron chi connectivity index (χ2n) is 4.56. The van der Waals surface area contributed by atoms with Crippen LogP contribution in [0.25, 0.3) is 27.0 Å². The molecule has 0 aliphatic heterocycles. The SMILES string of the molecule is CCOC(=O)/C(=C/c1cncs1)N=[N+]=[N-].CCOC(=O)CN=[N+]=[N-].O=Cc1cncs1.[H-].[Na+]. The summed E-state index contributed by atoms with van der Waals surface area (Å²) in [5.74, 6) is -1.13. The number of aldehydes is 1. The van der Waals surface area contributed by atoms with Crippen LogP contribution < -0.4 is 29.6 Å². The molecular weight excluding hydrogens is 471 g/mol. The van der Waals surface area contributed by atoms with Gasteiger partial charge in [-0.15, -0.1) is 22.7 Å². The molecule has 0 unspecified atom stereocenters. The summed E-state index contributed by atoms with van der Waals surface area (Å²) >= 11 is 2.68. The minimum absolute atomic E-state index is 0. The predicted molar refractivity (Wildman–Crippen MR) is 115 cm³/mol. The van der Waals surface area contributed by atoms with Crippen molar-refractivity contribution < 1.29 is 54.8 Å². The Hall–Kier alpha value is -2.77. The van der Waals surface area contributed by atoms with Crippen LogP contribution in [0.2, 0.25) is 0 Å². The summed E-state index contributed by atoms with van der Waals surface area (Å²) in [7, 11) is 0. The first-order valence-electron chi connectivity index (χ1n) is 8.34. The predicted octanol–water partition coefficient (Wildman–Crippen LogP) is 1.29. The van der Waals surface area contributed by atoms with E-state index in [1.54, 1.807) is 31.1 Å². The number of nitrogens with zero attached hydrogens (tertiary/aromatic N) is 8. The largest absolute Gasteiger partial charge is 1.00 e. The Labute approximate surface area is 214 Å². The number of rotatable bonds is 8. The van der Waals surface area contributed by atoms with Crippen LogP contribution in [0.5, 0.6) is 0 Å². The number of aromatic nitrogens is 2. The third kappa shape index (κ3) is 16.0. The molecule has 2 aromatic rings. The van der Waals surface area contributed by atoms with Gasteiger partial charge in [0, 0.05) is 27.1 Å². The summed E-state index contributed by atoms with van der Waals surface area (Å²) in [5, 5.41) is 6.26. The quantitative estimate of drug-likeness (QED) is 0.101. The molecule has 0 spiro atoms. The average molecular weight is 491 g/mol. The van der Waals surface area contributed by atoms with Crippen LogP contribution in [0, 0.1) is 0 Å². The normalized spacial score (nSPS) is 9.00. The van der Waals surface area contributed by atoms with Crippen LogP contribution in [-0.4, -0.2) is 48.0 Å². The van der Waals surface area contributed by atoms with Crippen molar-refractivity contribution in [3.05, 3.63) is 59.8 Å². The first-order valence-corrected chi connectivity index (χ1v) is 10.1. The van der Waals surface area contributed by atoms with Gasteiger partial charge >= 0.3 is 41.5 Å². The van der Waals surface area contributed by atoms with Crippen LogP contribution in [0.15, 0.2) is 39.3 Å². The molecule has 0 saturated heterocycles. The fourth-order valence-electron chi connectivity index (χ4n) is 1.39. The van der Waals surface area contributed by atoms with Crippen molar-refractivity contribution in [3.8, 4) is 0 Å². The van der Waals surface area contributed by atoms with Crippen molar-refractivity contribution in [1.29, 1.82) is 0 Å². The van der Waals surface area contributed by atoms with Gasteiger partial charge in [0.15, 0.2) is 6.29 Å². The Bertz CT molecular complexity index is 931. The molecule has 0 amide bonds. The summed E-state index contributed by atoms with van der Waals surface area (Å²) in [4.78, 5) is 45.3. The van der Waals surface area contributed by atoms with Gasteiger partial charge in [-0.1, -0.05) is 10.2 Å². The van der Waals surface area contributed by atoms with Crippen molar-refractivity contribution in [2.24, 2.45) is 10.2 Å². The van der Waals surface area contributed by atoms with Crippen molar-refractivity contribution in [3.63, 3.8) is 0 Å². The summed E-state index contributed by atoms with van der Waals surface area (Å²) in [5.41, 5.74) is 19.2. The number of carbonyl (C=O) groups excluding carboxylic acids is 3. The monoisotopic (exact) mass is 490 g/mol. The molecule has 0 N–H and O–H groups in total.